The first-order valence-corrected chi connectivity index (χ1v) is 6.37. The van der Waals surface area contributed by atoms with E-state index in [2.05, 4.69) is 31.3 Å². The largest absolute Gasteiger partial charge is 0.320 e. The lowest BCUT2D eigenvalue weighted by Gasteiger charge is -2.03. The third kappa shape index (κ3) is 2.34. The average Bonchev–Trinajstić information content (AvgIpc) is 2.82. The summed E-state index contributed by atoms with van der Waals surface area (Å²) in [6.45, 7) is 0. The van der Waals surface area contributed by atoms with E-state index in [4.69, 9.17) is 0 Å². The van der Waals surface area contributed by atoms with Gasteiger partial charge in [-0.2, -0.15) is 5.10 Å². The smallest absolute Gasteiger partial charge is 0.259 e. The number of carbonyl (C=O) groups excluding carboxylic acids is 1. The Hall–Kier alpha value is -2.21. The summed E-state index contributed by atoms with van der Waals surface area (Å²) in [6, 6.07) is 7.37. The van der Waals surface area contributed by atoms with Gasteiger partial charge in [0, 0.05) is 16.9 Å². The van der Waals surface area contributed by atoms with Crippen LogP contribution in [0, 0.1) is 0 Å². The van der Waals surface area contributed by atoms with Crippen LogP contribution in [0.3, 0.4) is 0 Å². The molecule has 0 aliphatic heterocycles. The third-order valence-electron chi connectivity index (χ3n) is 2.63. The molecule has 1 N–H and O–H groups in total. The van der Waals surface area contributed by atoms with Gasteiger partial charge in [-0.1, -0.05) is 6.07 Å². The second-order valence-electron chi connectivity index (χ2n) is 3.93. The van der Waals surface area contributed by atoms with Gasteiger partial charge in [-0.15, -0.1) is 0 Å². The molecule has 5 nitrogen and oxygen atoms in total. The Morgan fingerprint density at radius 1 is 1.26 bits per heavy atom. The quantitative estimate of drug-likeness (QED) is 0.790. The van der Waals surface area contributed by atoms with Crippen LogP contribution in [-0.4, -0.2) is 20.5 Å². The van der Waals surface area contributed by atoms with Crippen LogP contribution in [0.2, 0.25) is 0 Å². The maximum absolute atomic E-state index is 12.2. The number of hydrogen-bond donors (Lipinski definition) is 1. The lowest BCUT2D eigenvalue weighted by atomic mass is 10.2. The van der Waals surface area contributed by atoms with E-state index in [1.807, 2.05) is 18.2 Å². The summed E-state index contributed by atoms with van der Waals surface area (Å²) in [6.07, 6.45) is 6.60. The highest BCUT2D eigenvalue weighted by Gasteiger charge is 2.12. The van der Waals surface area contributed by atoms with E-state index < -0.39 is 0 Å². The molecule has 0 unspecified atom stereocenters. The molecule has 0 fully saturated rings. The maximum atomic E-state index is 12.2. The summed E-state index contributed by atoms with van der Waals surface area (Å²) in [5, 5.41) is 6.92. The Bertz CT molecular complexity index is 753. The van der Waals surface area contributed by atoms with E-state index in [1.165, 1.54) is 0 Å². The molecule has 0 aliphatic carbocycles. The molecule has 19 heavy (non-hydrogen) atoms. The van der Waals surface area contributed by atoms with E-state index in [0.717, 1.165) is 9.99 Å². The average molecular weight is 317 g/mol. The Morgan fingerprint density at radius 2 is 2.16 bits per heavy atom. The fourth-order valence-corrected chi connectivity index (χ4v) is 2.15. The van der Waals surface area contributed by atoms with Crippen molar-refractivity contribution in [2.45, 2.75) is 0 Å². The molecule has 3 aromatic heterocycles. The summed E-state index contributed by atoms with van der Waals surface area (Å²) < 4.78 is 2.47. The zero-order chi connectivity index (χ0) is 13.2. The molecule has 0 saturated carbocycles. The zero-order valence-electron chi connectivity index (χ0n) is 9.75. The molecule has 0 spiro atoms. The van der Waals surface area contributed by atoms with Crippen LogP contribution in [0.4, 0.5) is 5.69 Å². The molecule has 3 rings (SSSR count). The normalized spacial score (nSPS) is 10.6. The van der Waals surface area contributed by atoms with Crippen molar-refractivity contribution >= 4 is 33.0 Å². The molecule has 0 saturated heterocycles. The van der Waals surface area contributed by atoms with Gasteiger partial charge >= 0.3 is 0 Å². The van der Waals surface area contributed by atoms with Crippen molar-refractivity contribution in [1.82, 2.24) is 14.6 Å². The van der Waals surface area contributed by atoms with Crippen molar-refractivity contribution in [1.29, 1.82) is 0 Å². The van der Waals surface area contributed by atoms with E-state index >= 15 is 0 Å². The highest BCUT2D eigenvalue weighted by molar-refractivity contribution is 9.10. The highest BCUT2D eigenvalue weighted by Crippen LogP contribution is 2.16. The Kier molecular flexibility index (Phi) is 3.00. The summed E-state index contributed by atoms with van der Waals surface area (Å²) in [4.78, 5) is 16.2. The van der Waals surface area contributed by atoms with Crippen LogP contribution in [0.1, 0.15) is 10.4 Å². The van der Waals surface area contributed by atoms with E-state index in [1.54, 1.807) is 35.4 Å². The molecule has 0 atom stereocenters. The number of anilines is 1. The molecule has 0 bridgehead atoms. The lowest BCUT2D eigenvalue weighted by Crippen LogP contribution is -2.11. The van der Waals surface area contributed by atoms with Crippen LogP contribution in [0.15, 0.2) is 53.5 Å². The van der Waals surface area contributed by atoms with Crippen molar-refractivity contribution in [2.24, 2.45) is 0 Å². The monoisotopic (exact) mass is 316 g/mol. The van der Waals surface area contributed by atoms with Crippen LogP contribution in [0.5, 0.6) is 0 Å². The first-order chi connectivity index (χ1) is 9.24. The first-order valence-electron chi connectivity index (χ1n) is 5.58. The summed E-state index contributed by atoms with van der Waals surface area (Å²) >= 11 is 3.31. The van der Waals surface area contributed by atoms with Gasteiger partial charge in [0.25, 0.3) is 5.91 Å². The van der Waals surface area contributed by atoms with E-state index in [-0.39, 0.29) is 5.91 Å². The molecule has 3 heterocycles. The first kappa shape index (κ1) is 11.9. The van der Waals surface area contributed by atoms with Crippen LogP contribution < -0.4 is 5.32 Å². The van der Waals surface area contributed by atoms with Crippen molar-refractivity contribution < 1.29 is 4.79 Å². The fraction of sp³-hybridized carbons (Fsp3) is 0. The molecule has 94 valence electrons. The number of fused-ring (bicyclic) bond motifs is 1. The fourth-order valence-electron chi connectivity index (χ4n) is 1.79. The van der Waals surface area contributed by atoms with Gasteiger partial charge in [-0.25, -0.2) is 4.52 Å². The van der Waals surface area contributed by atoms with Crippen molar-refractivity contribution in [3.8, 4) is 0 Å². The minimum atomic E-state index is -0.207. The number of halogens is 1. The van der Waals surface area contributed by atoms with Gasteiger partial charge < -0.3 is 5.32 Å². The third-order valence-corrected chi connectivity index (χ3v) is 3.07. The van der Waals surface area contributed by atoms with Crippen molar-refractivity contribution in [3.63, 3.8) is 0 Å². The predicted octanol–water partition coefficient (Wildman–Crippen LogP) is 2.74. The van der Waals surface area contributed by atoms with Gasteiger partial charge in [0.05, 0.1) is 29.2 Å². The molecular weight excluding hydrogens is 308 g/mol. The number of nitrogens with zero attached hydrogens (tertiary/aromatic N) is 3. The minimum absolute atomic E-state index is 0.207. The second kappa shape index (κ2) is 4.81. The number of hydrogen-bond acceptors (Lipinski definition) is 3. The molecule has 6 heteroatoms. The Balaban J connectivity index is 1.92. The highest BCUT2D eigenvalue weighted by atomic mass is 79.9. The van der Waals surface area contributed by atoms with Crippen molar-refractivity contribution in [3.05, 3.63) is 59.1 Å². The Morgan fingerprint density at radius 3 is 3.00 bits per heavy atom. The van der Waals surface area contributed by atoms with Gasteiger partial charge in [0.2, 0.25) is 0 Å². The number of aromatic nitrogens is 3. The standard InChI is InChI=1S/C13H9BrN4O/c14-9-5-10(7-15-6-9)17-13(19)11-8-16-18-4-2-1-3-12(11)18/h1-8H,(H,17,19). The molecule has 3 aromatic rings. The number of carbonyl (C=O) groups is 1. The van der Waals surface area contributed by atoms with Gasteiger partial charge in [0.15, 0.2) is 0 Å². The summed E-state index contributed by atoms with van der Waals surface area (Å²) in [5.74, 6) is -0.207. The molecule has 0 radical (unpaired) electrons. The zero-order valence-corrected chi connectivity index (χ0v) is 11.3. The van der Waals surface area contributed by atoms with Gasteiger partial charge in [-0.05, 0) is 34.1 Å². The van der Waals surface area contributed by atoms with E-state index in [0.29, 0.717) is 11.3 Å². The summed E-state index contributed by atoms with van der Waals surface area (Å²) in [7, 11) is 0. The van der Waals surface area contributed by atoms with Crippen LogP contribution in [0.25, 0.3) is 5.52 Å². The van der Waals surface area contributed by atoms with E-state index in [9.17, 15) is 4.79 Å². The Labute approximate surface area is 117 Å². The number of amides is 1. The minimum Gasteiger partial charge on any atom is -0.320 e. The van der Waals surface area contributed by atoms with Gasteiger partial charge in [0.1, 0.15) is 0 Å². The van der Waals surface area contributed by atoms with Gasteiger partial charge in [-0.3, -0.25) is 9.78 Å². The number of pyridine rings is 2. The predicted molar refractivity (Wildman–Crippen MR) is 75.1 cm³/mol. The summed E-state index contributed by atoms with van der Waals surface area (Å²) in [5.41, 5.74) is 1.93. The van der Waals surface area contributed by atoms with Crippen LogP contribution in [-0.2, 0) is 0 Å². The second-order valence-corrected chi connectivity index (χ2v) is 4.85. The SMILES string of the molecule is O=C(Nc1cncc(Br)c1)c1cnn2ccccc12. The van der Waals surface area contributed by atoms with Crippen LogP contribution >= 0.6 is 15.9 Å². The molecule has 1 amide bonds. The molecule has 0 aliphatic rings. The number of rotatable bonds is 2. The lowest BCUT2D eigenvalue weighted by molar-refractivity contribution is 0.102. The number of nitrogens with one attached hydrogen (secondary N) is 1. The molecular formula is C13H9BrN4O. The maximum Gasteiger partial charge on any atom is 0.259 e. The molecule has 0 aromatic carbocycles. The topological polar surface area (TPSA) is 59.3 Å². The van der Waals surface area contributed by atoms with Crippen molar-refractivity contribution in [2.75, 3.05) is 5.32 Å².